The minimum atomic E-state index is 0.000463. The van der Waals surface area contributed by atoms with Gasteiger partial charge >= 0.3 is 0 Å². The van der Waals surface area contributed by atoms with Crippen LogP contribution in [0.5, 0.6) is 0 Å². The molecule has 0 bridgehead atoms. The summed E-state index contributed by atoms with van der Waals surface area (Å²) in [6.45, 7) is 0.807. The molecule has 0 spiro atoms. The van der Waals surface area contributed by atoms with Crippen molar-refractivity contribution in [3.63, 3.8) is 0 Å². The second kappa shape index (κ2) is 2.79. The summed E-state index contributed by atoms with van der Waals surface area (Å²) in [5.41, 5.74) is 0.903. The van der Waals surface area contributed by atoms with Crippen LogP contribution in [0.4, 0.5) is 0 Å². The van der Waals surface area contributed by atoms with E-state index in [1.807, 2.05) is 0 Å². The Kier molecular flexibility index (Phi) is 1.77. The van der Waals surface area contributed by atoms with E-state index in [1.165, 1.54) is 4.68 Å². The molecule has 1 aliphatic rings. The Hall–Kier alpha value is -1.03. The topological polar surface area (TPSA) is 47.0 Å². The molecule has 12 heavy (non-hydrogen) atoms. The van der Waals surface area contributed by atoms with Crippen LogP contribution in [-0.2, 0) is 11.8 Å². The molecule has 4 nitrogen and oxygen atoms in total. The van der Waals surface area contributed by atoms with Crippen LogP contribution in [0.25, 0.3) is 0 Å². The third-order valence-electron chi connectivity index (χ3n) is 2.18. The highest BCUT2D eigenvalue weighted by atomic mass is 16.5. The maximum absolute atomic E-state index is 11.1. The van der Waals surface area contributed by atoms with Gasteiger partial charge in [-0.25, -0.2) is 0 Å². The maximum Gasteiger partial charge on any atom is 0.266 e. The molecular formula is C8H12N2O2. The summed E-state index contributed by atoms with van der Waals surface area (Å²) in [5, 5.41) is 2.97. The van der Waals surface area contributed by atoms with Crippen LogP contribution in [0.15, 0.2) is 10.9 Å². The summed E-state index contributed by atoms with van der Waals surface area (Å²) >= 11 is 0. The smallest absolute Gasteiger partial charge is 0.266 e. The highest BCUT2D eigenvalue weighted by Gasteiger charge is 2.19. The van der Waals surface area contributed by atoms with Gasteiger partial charge in [0, 0.05) is 19.7 Å². The highest BCUT2D eigenvalue weighted by molar-refractivity contribution is 5.04. The number of aromatic nitrogens is 2. The fourth-order valence-electron chi connectivity index (χ4n) is 1.50. The molecular weight excluding hydrogens is 156 g/mol. The van der Waals surface area contributed by atoms with Crippen LogP contribution in [0.1, 0.15) is 24.6 Å². The normalized spacial score (nSPS) is 23.2. The van der Waals surface area contributed by atoms with Gasteiger partial charge in [0.05, 0.1) is 11.8 Å². The number of ether oxygens (including phenoxy) is 1. The van der Waals surface area contributed by atoms with Gasteiger partial charge < -0.3 is 4.74 Å². The lowest BCUT2D eigenvalue weighted by molar-refractivity contribution is 0.108. The van der Waals surface area contributed by atoms with Crippen molar-refractivity contribution in [2.75, 3.05) is 6.61 Å². The third kappa shape index (κ3) is 1.18. The predicted molar refractivity (Wildman–Crippen MR) is 44.0 cm³/mol. The molecule has 1 fully saturated rings. The fraction of sp³-hybridized carbons (Fsp3) is 0.625. The first-order valence-electron chi connectivity index (χ1n) is 4.15. The van der Waals surface area contributed by atoms with E-state index in [9.17, 15) is 4.79 Å². The molecule has 1 aliphatic heterocycles. The lowest BCUT2D eigenvalue weighted by Gasteiger charge is -2.04. The molecule has 2 heterocycles. The Labute approximate surface area is 70.1 Å². The number of nitrogens with zero attached hydrogens (tertiary/aromatic N) is 1. The number of aromatic amines is 1. The van der Waals surface area contributed by atoms with Crippen LogP contribution in [-0.4, -0.2) is 16.4 Å². The van der Waals surface area contributed by atoms with Crippen molar-refractivity contribution >= 4 is 0 Å². The monoisotopic (exact) mass is 168 g/mol. The molecule has 1 saturated heterocycles. The van der Waals surface area contributed by atoms with Gasteiger partial charge in [-0.1, -0.05) is 0 Å². The van der Waals surface area contributed by atoms with Crippen molar-refractivity contribution in [1.29, 1.82) is 0 Å². The van der Waals surface area contributed by atoms with Crippen molar-refractivity contribution in [3.05, 3.63) is 22.1 Å². The molecule has 1 atom stereocenters. The average molecular weight is 168 g/mol. The summed E-state index contributed by atoms with van der Waals surface area (Å²) < 4.78 is 6.89. The number of rotatable bonds is 1. The Balaban J connectivity index is 2.27. The maximum atomic E-state index is 11.1. The average Bonchev–Trinajstić information content (AvgIpc) is 2.61. The zero-order chi connectivity index (χ0) is 8.55. The van der Waals surface area contributed by atoms with Crippen molar-refractivity contribution in [1.82, 2.24) is 9.78 Å². The van der Waals surface area contributed by atoms with Crippen LogP contribution in [0.3, 0.4) is 0 Å². The lowest BCUT2D eigenvalue weighted by atomic mass is 10.2. The van der Waals surface area contributed by atoms with E-state index in [0.29, 0.717) is 0 Å². The van der Waals surface area contributed by atoms with Gasteiger partial charge in [-0.05, 0) is 12.8 Å². The van der Waals surface area contributed by atoms with Crippen LogP contribution < -0.4 is 5.56 Å². The second-order valence-electron chi connectivity index (χ2n) is 3.11. The van der Waals surface area contributed by atoms with Crippen LogP contribution >= 0.6 is 0 Å². The van der Waals surface area contributed by atoms with E-state index < -0.39 is 0 Å². The number of H-pyrrole nitrogens is 1. The SMILES string of the molecule is Cn1[nH]c([C@@H]2CCCO2)cc1=O. The van der Waals surface area contributed by atoms with Crippen LogP contribution in [0, 0.1) is 0 Å². The van der Waals surface area contributed by atoms with Crippen molar-refractivity contribution in [3.8, 4) is 0 Å². The molecule has 1 N–H and O–H groups in total. The molecule has 0 saturated carbocycles. The quantitative estimate of drug-likeness (QED) is 0.666. The summed E-state index contributed by atoms with van der Waals surface area (Å²) in [7, 11) is 1.71. The molecule has 4 heteroatoms. The molecule has 0 unspecified atom stereocenters. The molecule has 1 aromatic rings. The number of hydrogen-bond acceptors (Lipinski definition) is 2. The van der Waals surface area contributed by atoms with Gasteiger partial charge in [-0.2, -0.15) is 0 Å². The van der Waals surface area contributed by atoms with E-state index >= 15 is 0 Å². The molecule has 1 aromatic heterocycles. The van der Waals surface area contributed by atoms with E-state index in [1.54, 1.807) is 13.1 Å². The van der Waals surface area contributed by atoms with E-state index in [4.69, 9.17) is 4.74 Å². The highest BCUT2D eigenvalue weighted by Crippen LogP contribution is 2.25. The van der Waals surface area contributed by atoms with Gasteiger partial charge in [0.1, 0.15) is 0 Å². The Morgan fingerprint density at radius 3 is 3.08 bits per heavy atom. The number of hydrogen-bond donors (Lipinski definition) is 1. The zero-order valence-corrected chi connectivity index (χ0v) is 7.04. The Morgan fingerprint density at radius 1 is 1.75 bits per heavy atom. The largest absolute Gasteiger partial charge is 0.372 e. The second-order valence-corrected chi connectivity index (χ2v) is 3.11. The van der Waals surface area contributed by atoms with Crippen molar-refractivity contribution in [2.45, 2.75) is 18.9 Å². The van der Waals surface area contributed by atoms with E-state index in [0.717, 1.165) is 25.1 Å². The molecule has 0 radical (unpaired) electrons. The van der Waals surface area contributed by atoms with E-state index in [-0.39, 0.29) is 11.7 Å². The Bertz CT molecular complexity index is 320. The summed E-state index contributed by atoms with van der Waals surface area (Å²) in [6.07, 6.45) is 2.21. The van der Waals surface area contributed by atoms with Gasteiger partial charge in [0.15, 0.2) is 0 Å². The fourth-order valence-corrected chi connectivity index (χ4v) is 1.50. The Morgan fingerprint density at radius 2 is 2.58 bits per heavy atom. The first-order valence-corrected chi connectivity index (χ1v) is 4.15. The minimum Gasteiger partial charge on any atom is -0.372 e. The van der Waals surface area contributed by atoms with Crippen LogP contribution in [0.2, 0.25) is 0 Å². The summed E-state index contributed by atoms with van der Waals surface area (Å²) in [4.78, 5) is 11.1. The van der Waals surface area contributed by atoms with Gasteiger partial charge in [0.25, 0.3) is 5.56 Å². The molecule has 0 aliphatic carbocycles. The summed E-state index contributed by atoms with van der Waals surface area (Å²) in [6, 6.07) is 1.61. The first kappa shape index (κ1) is 7.61. The van der Waals surface area contributed by atoms with Gasteiger partial charge in [0.2, 0.25) is 0 Å². The predicted octanol–water partition coefficient (Wildman–Crippen LogP) is 0.565. The third-order valence-corrected chi connectivity index (χ3v) is 2.18. The lowest BCUT2D eigenvalue weighted by Crippen LogP contribution is -2.09. The molecule has 0 aromatic carbocycles. The van der Waals surface area contributed by atoms with Crippen molar-refractivity contribution in [2.24, 2.45) is 7.05 Å². The van der Waals surface area contributed by atoms with Crippen molar-refractivity contribution < 1.29 is 4.74 Å². The molecule has 66 valence electrons. The summed E-state index contributed by atoms with van der Waals surface area (Å²) in [5.74, 6) is 0. The zero-order valence-electron chi connectivity index (χ0n) is 7.04. The first-order chi connectivity index (χ1) is 5.77. The van der Waals surface area contributed by atoms with Gasteiger partial charge in [-0.15, -0.1) is 0 Å². The van der Waals surface area contributed by atoms with Gasteiger partial charge in [-0.3, -0.25) is 14.6 Å². The minimum absolute atomic E-state index is 0.000463. The molecule has 2 rings (SSSR count). The van der Waals surface area contributed by atoms with E-state index in [2.05, 4.69) is 5.10 Å². The number of nitrogens with one attached hydrogen (secondary N) is 1. The number of aryl methyl sites for hydroxylation is 1. The standard InChI is InChI=1S/C8H12N2O2/c1-10-8(11)5-6(9-10)7-3-2-4-12-7/h5,7,9H,2-4H2,1H3/t7-/m0/s1. The molecule has 0 amide bonds.